The summed E-state index contributed by atoms with van der Waals surface area (Å²) in [6, 6.07) is 6.02. The number of aryl methyl sites for hydroxylation is 2. The molecular weight excluding hydrogens is 362 g/mol. The van der Waals surface area contributed by atoms with E-state index in [0.717, 1.165) is 47.3 Å². The third-order valence-electron chi connectivity index (χ3n) is 4.53. The number of carbonyl (C=O) groups excluding carboxylic acids is 1. The molecule has 1 aliphatic rings. The topological polar surface area (TPSA) is 72.9 Å². The molecule has 3 rings (SSSR count). The van der Waals surface area contributed by atoms with Gasteiger partial charge >= 0.3 is 0 Å². The van der Waals surface area contributed by atoms with Crippen LogP contribution in [0.15, 0.2) is 18.2 Å². The van der Waals surface area contributed by atoms with Crippen molar-refractivity contribution in [3.05, 3.63) is 46.3 Å². The van der Waals surface area contributed by atoms with Crippen LogP contribution in [0.1, 0.15) is 39.3 Å². The number of aromatic nitrogens is 2. The fourth-order valence-corrected chi connectivity index (χ4v) is 3.23. The molecule has 0 saturated carbocycles. The van der Waals surface area contributed by atoms with E-state index in [-0.39, 0.29) is 18.1 Å². The van der Waals surface area contributed by atoms with Crippen molar-refractivity contribution in [2.45, 2.75) is 39.0 Å². The van der Waals surface area contributed by atoms with E-state index in [0.29, 0.717) is 0 Å². The average molecular weight is 385 g/mol. The van der Waals surface area contributed by atoms with Crippen molar-refractivity contribution in [1.29, 1.82) is 0 Å². The molecule has 0 fully saturated rings. The molecule has 1 heterocycles. The minimum atomic E-state index is -3.12. The Kier molecular flexibility index (Phi) is 6.03. The van der Waals surface area contributed by atoms with E-state index in [2.05, 4.69) is 16.5 Å². The number of carbonyl (C=O) groups is 1. The fraction of sp³-hybridized carbons (Fsp3) is 0.444. The molecule has 0 radical (unpaired) electrons. The maximum atomic E-state index is 13.3. The monoisotopic (exact) mass is 384 g/mol. The van der Waals surface area contributed by atoms with Crippen LogP contribution in [-0.4, -0.2) is 34.7 Å². The number of nitrogens with zero attached hydrogens (tertiary/aromatic N) is 2. The van der Waals surface area contributed by atoms with E-state index in [1.54, 1.807) is 4.68 Å². The fourth-order valence-electron chi connectivity index (χ4n) is 3.23. The summed E-state index contributed by atoms with van der Waals surface area (Å²) in [5, 5.41) is 6.71. The molecule has 0 bridgehead atoms. The van der Waals surface area contributed by atoms with Crippen LogP contribution in [0.3, 0.4) is 0 Å². The van der Waals surface area contributed by atoms with Crippen molar-refractivity contribution in [2.24, 2.45) is 5.73 Å². The third-order valence-corrected chi connectivity index (χ3v) is 4.53. The Labute approximate surface area is 157 Å². The summed E-state index contributed by atoms with van der Waals surface area (Å²) in [5.74, 6) is -3.69. The van der Waals surface area contributed by atoms with E-state index >= 15 is 0 Å². The van der Waals surface area contributed by atoms with Gasteiger partial charge in [0.05, 0.1) is 18.8 Å². The predicted octanol–water partition coefficient (Wildman–Crippen LogP) is 2.72. The van der Waals surface area contributed by atoms with Gasteiger partial charge in [-0.15, -0.1) is 12.4 Å². The maximum absolute atomic E-state index is 13.3. The second-order valence-corrected chi connectivity index (χ2v) is 6.57. The van der Waals surface area contributed by atoms with Crippen molar-refractivity contribution >= 4 is 18.3 Å². The molecule has 0 saturated heterocycles. The molecule has 8 heteroatoms. The third kappa shape index (κ3) is 3.88. The van der Waals surface area contributed by atoms with Gasteiger partial charge in [-0.3, -0.25) is 4.79 Å². The lowest BCUT2D eigenvalue weighted by Gasteiger charge is -2.14. The highest BCUT2D eigenvalue weighted by molar-refractivity contribution is 5.94. The number of fused-ring (bicyclic) bond motifs is 1. The number of alkyl halides is 2. The molecule has 26 heavy (non-hydrogen) atoms. The second kappa shape index (κ2) is 7.72. The molecule has 0 aliphatic heterocycles. The van der Waals surface area contributed by atoms with Crippen LogP contribution < -0.4 is 11.1 Å². The van der Waals surface area contributed by atoms with Gasteiger partial charge in [0, 0.05) is 11.3 Å². The molecule has 1 amide bonds. The number of rotatable bonds is 5. The number of nitrogens with two attached hydrogens (primary N) is 1. The molecule has 2 aromatic rings. The van der Waals surface area contributed by atoms with E-state index in [9.17, 15) is 13.6 Å². The van der Waals surface area contributed by atoms with Crippen molar-refractivity contribution in [1.82, 2.24) is 15.1 Å². The van der Waals surface area contributed by atoms with Crippen LogP contribution in [0.2, 0.25) is 0 Å². The Balaban J connectivity index is 0.00000243. The van der Waals surface area contributed by atoms with Crippen molar-refractivity contribution in [3.8, 4) is 5.69 Å². The minimum Gasteiger partial charge on any atom is -0.345 e. The summed E-state index contributed by atoms with van der Waals surface area (Å²) < 4.78 is 28.4. The summed E-state index contributed by atoms with van der Waals surface area (Å²) in [6.07, 6.45) is 2.48. The first-order chi connectivity index (χ1) is 11.8. The summed E-state index contributed by atoms with van der Waals surface area (Å²) in [4.78, 5) is 12.4. The van der Waals surface area contributed by atoms with E-state index in [1.165, 1.54) is 0 Å². The summed E-state index contributed by atoms with van der Waals surface area (Å²) in [5.41, 5.74) is 10.2. The number of halogens is 3. The molecule has 1 aromatic heterocycles. The molecule has 3 N–H and O–H groups in total. The molecule has 5 nitrogen and oxygen atoms in total. The maximum Gasteiger partial charge on any atom is 0.277 e. The van der Waals surface area contributed by atoms with Gasteiger partial charge < -0.3 is 11.1 Å². The van der Waals surface area contributed by atoms with Crippen LogP contribution >= 0.6 is 12.4 Å². The lowest BCUT2D eigenvalue weighted by molar-refractivity contribution is 0.0118. The first-order valence-electron chi connectivity index (χ1n) is 8.37. The van der Waals surface area contributed by atoms with Gasteiger partial charge in [-0.25, -0.2) is 13.5 Å². The van der Waals surface area contributed by atoms with E-state index in [4.69, 9.17) is 5.73 Å². The van der Waals surface area contributed by atoms with E-state index in [1.807, 2.05) is 26.0 Å². The molecule has 0 spiro atoms. The highest BCUT2D eigenvalue weighted by Gasteiger charge is 2.31. The number of nitrogens with one attached hydrogen (secondary N) is 1. The van der Waals surface area contributed by atoms with Crippen LogP contribution in [0, 0.1) is 13.8 Å². The Morgan fingerprint density at radius 1 is 1.35 bits per heavy atom. The lowest BCUT2D eigenvalue weighted by Crippen LogP contribution is -2.41. The average Bonchev–Trinajstić information content (AvgIpc) is 3.16. The van der Waals surface area contributed by atoms with E-state index < -0.39 is 24.9 Å². The van der Waals surface area contributed by atoms with Gasteiger partial charge in [0.15, 0.2) is 5.69 Å². The molecule has 142 valence electrons. The zero-order valence-electron chi connectivity index (χ0n) is 14.8. The largest absolute Gasteiger partial charge is 0.345 e. The predicted molar refractivity (Wildman–Crippen MR) is 98.6 cm³/mol. The van der Waals surface area contributed by atoms with Crippen molar-refractivity contribution in [3.63, 3.8) is 0 Å². The van der Waals surface area contributed by atoms with Gasteiger partial charge in [-0.05, 0) is 44.7 Å². The molecule has 1 aliphatic carbocycles. The standard InChI is InChI=1S/C18H22F2N4O.ClH/c1-11-6-7-14(12(2)8-11)24-15-5-3-4-13(15)16(23-24)17(25)22-10-18(19,20)9-21;/h6-8H,3-5,9-10,21H2,1-2H3,(H,22,25);1H. The summed E-state index contributed by atoms with van der Waals surface area (Å²) in [7, 11) is 0. The quantitative estimate of drug-likeness (QED) is 0.832. The van der Waals surface area contributed by atoms with Gasteiger partial charge in [0.25, 0.3) is 11.8 Å². The van der Waals surface area contributed by atoms with Crippen molar-refractivity contribution in [2.75, 3.05) is 13.1 Å². The lowest BCUT2D eigenvalue weighted by atomic mass is 10.1. The Morgan fingerprint density at radius 2 is 2.08 bits per heavy atom. The van der Waals surface area contributed by atoms with Gasteiger partial charge in [0.2, 0.25) is 0 Å². The number of amides is 1. The van der Waals surface area contributed by atoms with Gasteiger partial charge in [-0.2, -0.15) is 5.10 Å². The molecule has 0 atom stereocenters. The highest BCUT2D eigenvalue weighted by atomic mass is 35.5. The van der Waals surface area contributed by atoms with Gasteiger partial charge in [0.1, 0.15) is 0 Å². The van der Waals surface area contributed by atoms with Crippen molar-refractivity contribution < 1.29 is 13.6 Å². The molecular formula is C18H23ClF2N4O. The smallest absolute Gasteiger partial charge is 0.277 e. The highest BCUT2D eigenvalue weighted by Crippen LogP contribution is 2.29. The SMILES string of the molecule is Cc1ccc(-n2nc(C(=O)NCC(F)(F)CN)c3c2CCC3)c(C)c1.Cl. The Morgan fingerprint density at radius 3 is 2.73 bits per heavy atom. The number of hydrogen-bond acceptors (Lipinski definition) is 3. The Hall–Kier alpha value is -1.99. The second-order valence-electron chi connectivity index (χ2n) is 6.57. The zero-order chi connectivity index (χ0) is 18.2. The zero-order valence-corrected chi connectivity index (χ0v) is 15.6. The Bertz CT molecular complexity index is 820. The molecule has 0 unspecified atom stereocenters. The first-order valence-corrected chi connectivity index (χ1v) is 8.37. The summed E-state index contributed by atoms with van der Waals surface area (Å²) >= 11 is 0. The van der Waals surface area contributed by atoms with Crippen LogP contribution in [0.4, 0.5) is 8.78 Å². The van der Waals surface area contributed by atoms with Crippen LogP contribution in [-0.2, 0) is 12.8 Å². The first kappa shape index (κ1) is 20.3. The number of benzene rings is 1. The molecule has 1 aromatic carbocycles. The van der Waals surface area contributed by atoms with Gasteiger partial charge in [-0.1, -0.05) is 17.7 Å². The normalized spacial score (nSPS) is 13.3. The summed E-state index contributed by atoms with van der Waals surface area (Å²) in [6.45, 7) is 2.42. The number of hydrogen-bond donors (Lipinski definition) is 2. The minimum absolute atomic E-state index is 0. The van der Waals surface area contributed by atoms with Crippen LogP contribution in [0.25, 0.3) is 5.69 Å². The van der Waals surface area contributed by atoms with Crippen LogP contribution in [0.5, 0.6) is 0 Å².